The summed E-state index contributed by atoms with van der Waals surface area (Å²) in [5.74, 6) is -1.30. The topological polar surface area (TPSA) is 50.1 Å². The van der Waals surface area contributed by atoms with Gasteiger partial charge in [0.2, 0.25) is 0 Å². The van der Waals surface area contributed by atoms with Crippen molar-refractivity contribution < 1.29 is 9.53 Å². The molecule has 1 rings (SSSR count). The zero-order valence-electron chi connectivity index (χ0n) is 9.78. The second-order valence-electron chi connectivity index (χ2n) is 3.66. The van der Waals surface area contributed by atoms with Gasteiger partial charge in [-0.3, -0.25) is 4.79 Å². The molecule has 16 heavy (non-hydrogen) atoms. The predicted octanol–water partition coefficient (Wildman–Crippen LogP) is 2.47. The molecule has 3 nitrogen and oxygen atoms in total. The van der Waals surface area contributed by atoms with E-state index in [4.69, 9.17) is 10.00 Å². The molecule has 1 aromatic carbocycles. The quantitative estimate of drug-likeness (QED) is 0.731. The second kappa shape index (κ2) is 5.32. The molecule has 0 amide bonds. The highest BCUT2D eigenvalue weighted by Crippen LogP contribution is 2.19. The van der Waals surface area contributed by atoms with E-state index in [0.29, 0.717) is 12.2 Å². The van der Waals surface area contributed by atoms with E-state index in [-0.39, 0.29) is 0 Å². The molecule has 1 unspecified atom stereocenters. The van der Waals surface area contributed by atoms with Gasteiger partial charge >= 0.3 is 5.97 Å². The summed E-state index contributed by atoms with van der Waals surface area (Å²) in [6.45, 7) is 5.97. The fraction of sp³-hybridized carbons (Fsp3) is 0.385. The van der Waals surface area contributed by atoms with E-state index >= 15 is 0 Å². The third-order valence-corrected chi connectivity index (χ3v) is 2.52. The van der Waals surface area contributed by atoms with E-state index in [9.17, 15) is 4.79 Å². The number of ether oxygens (including phenoxy) is 1. The number of hydrogen-bond acceptors (Lipinski definition) is 3. The maximum atomic E-state index is 11.5. The molecule has 0 saturated heterocycles. The Labute approximate surface area is 95.7 Å². The number of carbonyl (C=O) groups excluding carboxylic acids is 1. The van der Waals surface area contributed by atoms with Gasteiger partial charge in [-0.15, -0.1) is 0 Å². The third kappa shape index (κ3) is 2.60. The zero-order valence-corrected chi connectivity index (χ0v) is 9.78. The van der Waals surface area contributed by atoms with Crippen molar-refractivity contribution in [3.05, 3.63) is 34.9 Å². The Morgan fingerprint density at radius 2 is 2.12 bits per heavy atom. The molecule has 1 atom stereocenters. The number of nitriles is 1. The summed E-state index contributed by atoms with van der Waals surface area (Å²) in [6.07, 6.45) is 0. The van der Waals surface area contributed by atoms with Crippen LogP contribution < -0.4 is 0 Å². The maximum Gasteiger partial charge on any atom is 0.327 e. The van der Waals surface area contributed by atoms with Crippen molar-refractivity contribution in [2.75, 3.05) is 6.61 Å². The Kier molecular flexibility index (Phi) is 4.07. The lowest BCUT2D eigenvalue weighted by Crippen LogP contribution is -2.14. The summed E-state index contributed by atoms with van der Waals surface area (Å²) in [4.78, 5) is 11.5. The number of hydrogen-bond donors (Lipinski definition) is 0. The Morgan fingerprint density at radius 1 is 1.44 bits per heavy atom. The minimum Gasteiger partial charge on any atom is -0.465 e. The number of aryl methyl sites for hydroxylation is 2. The molecule has 0 aliphatic rings. The van der Waals surface area contributed by atoms with Crippen molar-refractivity contribution in [1.82, 2.24) is 0 Å². The normalized spacial score (nSPS) is 11.6. The highest BCUT2D eigenvalue weighted by atomic mass is 16.5. The van der Waals surface area contributed by atoms with Crippen LogP contribution in [-0.4, -0.2) is 12.6 Å². The summed E-state index contributed by atoms with van der Waals surface area (Å²) < 4.78 is 4.86. The number of rotatable bonds is 3. The van der Waals surface area contributed by atoms with Crippen molar-refractivity contribution in [2.45, 2.75) is 26.7 Å². The van der Waals surface area contributed by atoms with E-state index in [1.165, 1.54) is 0 Å². The Balaban J connectivity index is 3.01. The molecule has 0 spiro atoms. The molecular formula is C13H15NO2. The van der Waals surface area contributed by atoms with E-state index in [2.05, 4.69) is 0 Å². The van der Waals surface area contributed by atoms with Gasteiger partial charge in [-0.1, -0.05) is 18.2 Å². The fourth-order valence-electron chi connectivity index (χ4n) is 1.43. The van der Waals surface area contributed by atoms with Crippen molar-refractivity contribution in [3.8, 4) is 6.07 Å². The van der Waals surface area contributed by atoms with Crippen LogP contribution in [0.1, 0.15) is 29.5 Å². The molecule has 84 valence electrons. The van der Waals surface area contributed by atoms with Crippen LogP contribution in [-0.2, 0) is 9.53 Å². The molecule has 0 radical (unpaired) electrons. The summed E-state index contributed by atoms with van der Waals surface area (Å²) in [7, 11) is 0. The Bertz CT molecular complexity index is 432. The minimum absolute atomic E-state index is 0.294. The lowest BCUT2D eigenvalue weighted by Gasteiger charge is -2.10. The highest BCUT2D eigenvalue weighted by Gasteiger charge is 2.21. The van der Waals surface area contributed by atoms with Crippen molar-refractivity contribution in [3.63, 3.8) is 0 Å². The van der Waals surface area contributed by atoms with Gasteiger partial charge in [0.15, 0.2) is 5.92 Å². The van der Waals surface area contributed by atoms with Crippen LogP contribution in [0.25, 0.3) is 0 Å². The van der Waals surface area contributed by atoms with Gasteiger partial charge in [-0.05, 0) is 37.5 Å². The lowest BCUT2D eigenvalue weighted by atomic mass is 9.97. The molecule has 0 N–H and O–H groups in total. The van der Waals surface area contributed by atoms with E-state index in [0.717, 1.165) is 11.1 Å². The lowest BCUT2D eigenvalue weighted by molar-refractivity contribution is -0.143. The van der Waals surface area contributed by atoms with Crippen LogP contribution >= 0.6 is 0 Å². The summed E-state index contributed by atoms with van der Waals surface area (Å²) in [6, 6.07) is 7.55. The van der Waals surface area contributed by atoms with E-state index in [1.807, 2.05) is 32.0 Å². The first-order valence-corrected chi connectivity index (χ1v) is 5.23. The number of benzene rings is 1. The summed E-state index contributed by atoms with van der Waals surface area (Å²) in [5, 5.41) is 8.99. The monoisotopic (exact) mass is 217 g/mol. The van der Waals surface area contributed by atoms with Crippen LogP contribution in [0.2, 0.25) is 0 Å². The smallest absolute Gasteiger partial charge is 0.327 e. The van der Waals surface area contributed by atoms with E-state index < -0.39 is 11.9 Å². The SMILES string of the molecule is CCOC(=O)C(C#N)c1ccc(C)c(C)c1. The van der Waals surface area contributed by atoms with Crippen LogP contribution in [0.4, 0.5) is 0 Å². The molecule has 0 aliphatic carbocycles. The van der Waals surface area contributed by atoms with Crippen LogP contribution in [0.3, 0.4) is 0 Å². The zero-order chi connectivity index (χ0) is 12.1. The minimum atomic E-state index is -0.820. The summed E-state index contributed by atoms with van der Waals surface area (Å²) >= 11 is 0. The predicted molar refractivity (Wildman–Crippen MR) is 60.9 cm³/mol. The average Bonchev–Trinajstić information content (AvgIpc) is 2.25. The number of nitrogens with zero attached hydrogens (tertiary/aromatic N) is 1. The molecule has 0 aliphatic heterocycles. The molecule has 0 fully saturated rings. The van der Waals surface area contributed by atoms with Crippen LogP contribution in [0.15, 0.2) is 18.2 Å². The van der Waals surface area contributed by atoms with Crippen LogP contribution in [0.5, 0.6) is 0 Å². The molecule has 1 aromatic rings. The summed E-state index contributed by atoms with van der Waals surface area (Å²) in [5.41, 5.74) is 2.91. The van der Waals surface area contributed by atoms with Crippen molar-refractivity contribution >= 4 is 5.97 Å². The van der Waals surface area contributed by atoms with E-state index in [1.54, 1.807) is 13.0 Å². The second-order valence-corrected chi connectivity index (χ2v) is 3.66. The molecule has 0 aromatic heterocycles. The highest BCUT2D eigenvalue weighted by molar-refractivity contribution is 5.81. The van der Waals surface area contributed by atoms with Gasteiger partial charge in [0.1, 0.15) is 0 Å². The Hall–Kier alpha value is -1.82. The van der Waals surface area contributed by atoms with Crippen molar-refractivity contribution in [2.24, 2.45) is 0 Å². The first kappa shape index (κ1) is 12.3. The standard InChI is InChI=1S/C13H15NO2/c1-4-16-13(15)12(8-14)11-6-5-9(2)10(3)7-11/h5-7,12H,4H2,1-3H3. The van der Waals surface area contributed by atoms with Gasteiger partial charge in [-0.2, -0.15) is 5.26 Å². The first-order valence-electron chi connectivity index (χ1n) is 5.23. The number of esters is 1. The van der Waals surface area contributed by atoms with Gasteiger partial charge in [0.05, 0.1) is 12.7 Å². The molecular weight excluding hydrogens is 202 g/mol. The molecule has 0 heterocycles. The Morgan fingerprint density at radius 3 is 2.62 bits per heavy atom. The molecule has 0 bridgehead atoms. The largest absolute Gasteiger partial charge is 0.465 e. The molecule has 3 heteroatoms. The van der Waals surface area contributed by atoms with Crippen molar-refractivity contribution in [1.29, 1.82) is 5.26 Å². The van der Waals surface area contributed by atoms with Gasteiger partial charge in [0, 0.05) is 0 Å². The van der Waals surface area contributed by atoms with Gasteiger partial charge < -0.3 is 4.74 Å². The fourth-order valence-corrected chi connectivity index (χ4v) is 1.43. The van der Waals surface area contributed by atoms with Gasteiger partial charge in [-0.25, -0.2) is 0 Å². The average molecular weight is 217 g/mol. The third-order valence-electron chi connectivity index (χ3n) is 2.52. The van der Waals surface area contributed by atoms with Gasteiger partial charge in [0.25, 0.3) is 0 Å². The first-order chi connectivity index (χ1) is 7.60. The number of carbonyl (C=O) groups is 1. The maximum absolute atomic E-state index is 11.5. The van der Waals surface area contributed by atoms with Crippen LogP contribution in [0, 0.1) is 25.2 Å². The molecule has 0 saturated carbocycles.